The summed E-state index contributed by atoms with van der Waals surface area (Å²) >= 11 is 9.55. The number of ether oxygens (including phenoxy) is 1. The lowest BCUT2D eigenvalue weighted by Gasteiger charge is -2.15. The molecular formula is C18H20BrClO. The van der Waals surface area contributed by atoms with Crippen LogP contribution in [0.15, 0.2) is 53.0 Å². The third-order valence-electron chi connectivity index (χ3n) is 3.42. The van der Waals surface area contributed by atoms with Crippen molar-refractivity contribution < 1.29 is 4.74 Å². The van der Waals surface area contributed by atoms with Gasteiger partial charge in [-0.05, 0) is 49.4 Å². The first-order chi connectivity index (χ1) is 10.2. The Bertz CT molecular complexity index is 571. The predicted molar refractivity (Wildman–Crippen MR) is 93.3 cm³/mol. The Kier molecular flexibility index (Phi) is 6.59. The first kappa shape index (κ1) is 16.4. The molecule has 0 saturated carbocycles. The largest absolute Gasteiger partial charge is 0.494 e. The van der Waals surface area contributed by atoms with Gasteiger partial charge in [-0.1, -0.05) is 51.8 Å². The molecule has 1 atom stereocenters. The summed E-state index contributed by atoms with van der Waals surface area (Å²) in [5.41, 5.74) is 2.65. The maximum absolute atomic E-state index is 6.10. The monoisotopic (exact) mass is 366 g/mol. The van der Waals surface area contributed by atoms with E-state index in [-0.39, 0.29) is 0 Å². The Morgan fingerprint density at radius 2 is 1.95 bits per heavy atom. The lowest BCUT2D eigenvalue weighted by atomic mass is 9.97. The summed E-state index contributed by atoms with van der Waals surface area (Å²) in [6, 6.07) is 16.6. The molecule has 0 fully saturated rings. The van der Waals surface area contributed by atoms with Crippen LogP contribution in [0.5, 0.6) is 5.75 Å². The van der Waals surface area contributed by atoms with Gasteiger partial charge in [0.25, 0.3) is 0 Å². The van der Waals surface area contributed by atoms with Gasteiger partial charge in [-0.2, -0.15) is 0 Å². The van der Waals surface area contributed by atoms with Crippen LogP contribution < -0.4 is 4.74 Å². The van der Waals surface area contributed by atoms with Crippen molar-refractivity contribution in [1.29, 1.82) is 0 Å². The molecule has 0 aromatic heterocycles. The quantitative estimate of drug-likeness (QED) is 0.577. The van der Waals surface area contributed by atoms with Crippen molar-refractivity contribution in [1.82, 2.24) is 0 Å². The molecular weight excluding hydrogens is 348 g/mol. The molecule has 0 N–H and O–H groups in total. The standard InChI is InChI=1S/C18H20BrClO/c1-14-4-2-5-15(10-14)11-16(13-20)8-9-21-18-7-3-6-17(19)12-18/h2-7,10,12,16H,8-9,11,13H2,1H3. The van der Waals surface area contributed by atoms with Crippen molar-refractivity contribution in [2.75, 3.05) is 12.5 Å². The van der Waals surface area contributed by atoms with Crippen molar-refractivity contribution in [3.63, 3.8) is 0 Å². The van der Waals surface area contributed by atoms with E-state index in [1.807, 2.05) is 24.3 Å². The van der Waals surface area contributed by atoms with Crippen LogP contribution in [0.25, 0.3) is 0 Å². The number of rotatable bonds is 7. The summed E-state index contributed by atoms with van der Waals surface area (Å²) in [4.78, 5) is 0. The van der Waals surface area contributed by atoms with Gasteiger partial charge in [0.15, 0.2) is 0 Å². The number of benzene rings is 2. The minimum Gasteiger partial charge on any atom is -0.494 e. The summed E-state index contributed by atoms with van der Waals surface area (Å²) in [5.74, 6) is 2.00. The molecule has 0 bridgehead atoms. The molecule has 2 aromatic rings. The van der Waals surface area contributed by atoms with Gasteiger partial charge in [0, 0.05) is 10.4 Å². The average molecular weight is 368 g/mol. The molecule has 112 valence electrons. The zero-order valence-corrected chi connectivity index (χ0v) is 14.5. The van der Waals surface area contributed by atoms with E-state index in [0.717, 1.165) is 23.1 Å². The molecule has 0 radical (unpaired) electrons. The molecule has 0 aliphatic rings. The van der Waals surface area contributed by atoms with Crippen LogP contribution in [-0.4, -0.2) is 12.5 Å². The second kappa shape index (κ2) is 8.45. The van der Waals surface area contributed by atoms with E-state index in [1.54, 1.807) is 0 Å². The Balaban J connectivity index is 1.82. The van der Waals surface area contributed by atoms with Crippen LogP contribution in [0.4, 0.5) is 0 Å². The Hall–Kier alpha value is -0.990. The molecule has 0 saturated heterocycles. The molecule has 21 heavy (non-hydrogen) atoms. The van der Waals surface area contributed by atoms with Gasteiger partial charge in [-0.25, -0.2) is 0 Å². The minimum atomic E-state index is 0.445. The van der Waals surface area contributed by atoms with Crippen molar-refractivity contribution in [3.8, 4) is 5.75 Å². The molecule has 2 aromatic carbocycles. The van der Waals surface area contributed by atoms with Gasteiger partial charge in [-0.3, -0.25) is 0 Å². The minimum absolute atomic E-state index is 0.445. The van der Waals surface area contributed by atoms with E-state index < -0.39 is 0 Å². The van der Waals surface area contributed by atoms with Gasteiger partial charge in [-0.15, -0.1) is 11.6 Å². The highest BCUT2D eigenvalue weighted by Crippen LogP contribution is 2.20. The van der Waals surface area contributed by atoms with Gasteiger partial charge in [0.1, 0.15) is 5.75 Å². The first-order valence-corrected chi connectivity index (χ1v) is 8.50. The van der Waals surface area contributed by atoms with Crippen molar-refractivity contribution in [2.45, 2.75) is 19.8 Å². The number of hydrogen-bond donors (Lipinski definition) is 0. The molecule has 0 amide bonds. The normalized spacial score (nSPS) is 12.1. The lowest BCUT2D eigenvalue weighted by Crippen LogP contribution is -2.11. The smallest absolute Gasteiger partial charge is 0.120 e. The topological polar surface area (TPSA) is 9.23 Å². The highest BCUT2D eigenvalue weighted by Gasteiger charge is 2.09. The van der Waals surface area contributed by atoms with Crippen LogP contribution >= 0.6 is 27.5 Å². The van der Waals surface area contributed by atoms with Gasteiger partial charge in [0.2, 0.25) is 0 Å². The Morgan fingerprint density at radius 1 is 1.14 bits per heavy atom. The number of aryl methyl sites for hydroxylation is 1. The molecule has 1 unspecified atom stereocenters. The van der Waals surface area contributed by atoms with Crippen LogP contribution in [-0.2, 0) is 6.42 Å². The third-order valence-corrected chi connectivity index (χ3v) is 4.35. The van der Waals surface area contributed by atoms with Gasteiger partial charge in [0.05, 0.1) is 6.61 Å². The molecule has 1 nitrogen and oxygen atoms in total. The van der Waals surface area contributed by atoms with Crippen molar-refractivity contribution in [3.05, 3.63) is 64.1 Å². The Morgan fingerprint density at radius 3 is 2.67 bits per heavy atom. The summed E-state index contributed by atoms with van der Waals surface area (Å²) in [6.07, 6.45) is 1.97. The van der Waals surface area contributed by atoms with Gasteiger partial charge >= 0.3 is 0 Å². The van der Waals surface area contributed by atoms with E-state index in [4.69, 9.17) is 16.3 Å². The van der Waals surface area contributed by atoms with Crippen LogP contribution in [0, 0.1) is 12.8 Å². The number of alkyl halides is 1. The fraction of sp³-hybridized carbons (Fsp3) is 0.333. The molecule has 0 aliphatic heterocycles. The molecule has 0 heterocycles. The summed E-state index contributed by atoms with van der Waals surface area (Å²) in [6.45, 7) is 2.81. The van der Waals surface area contributed by atoms with E-state index in [0.29, 0.717) is 18.4 Å². The van der Waals surface area contributed by atoms with E-state index in [2.05, 4.69) is 47.1 Å². The highest BCUT2D eigenvalue weighted by atomic mass is 79.9. The molecule has 0 spiro atoms. The maximum Gasteiger partial charge on any atom is 0.120 e. The maximum atomic E-state index is 6.10. The summed E-state index contributed by atoms with van der Waals surface area (Å²) in [7, 11) is 0. The van der Waals surface area contributed by atoms with E-state index in [1.165, 1.54) is 11.1 Å². The second-order valence-electron chi connectivity index (χ2n) is 5.31. The van der Waals surface area contributed by atoms with Crippen LogP contribution in [0.1, 0.15) is 17.5 Å². The summed E-state index contributed by atoms with van der Waals surface area (Å²) in [5, 5.41) is 0. The van der Waals surface area contributed by atoms with Crippen LogP contribution in [0.3, 0.4) is 0 Å². The van der Waals surface area contributed by atoms with Crippen LogP contribution in [0.2, 0.25) is 0 Å². The van der Waals surface area contributed by atoms with E-state index in [9.17, 15) is 0 Å². The van der Waals surface area contributed by atoms with Crippen molar-refractivity contribution >= 4 is 27.5 Å². The average Bonchev–Trinajstić information content (AvgIpc) is 2.46. The number of halogens is 2. The molecule has 2 rings (SSSR count). The summed E-state index contributed by atoms with van der Waals surface area (Å²) < 4.78 is 6.83. The predicted octanol–water partition coefficient (Wildman–Crippen LogP) is 5.62. The zero-order valence-electron chi connectivity index (χ0n) is 12.2. The Labute approximate surface area is 140 Å². The SMILES string of the molecule is Cc1cccc(CC(CCl)CCOc2cccc(Br)c2)c1. The molecule has 0 aliphatic carbocycles. The zero-order chi connectivity index (χ0) is 15.1. The first-order valence-electron chi connectivity index (χ1n) is 7.17. The third kappa shape index (κ3) is 5.72. The van der Waals surface area contributed by atoms with Crippen molar-refractivity contribution in [2.24, 2.45) is 5.92 Å². The fourth-order valence-corrected chi connectivity index (χ4v) is 2.95. The molecule has 3 heteroatoms. The second-order valence-corrected chi connectivity index (χ2v) is 6.53. The number of hydrogen-bond acceptors (Lipinski definition) is 1. The van der Waals surface area contributed by atoms with E-state index >= 15 is 0 Å². The highest BCUT2D eigenvalue weighted by molar-refractivity contribution is 9.10. The van der Waals surface area contributed by atoms with Gasteiger partial charge < -0.3 is 4.74 Å². The lowest BCUT2D eigenvalue weighted by molar-refractivity contribution is 0.284. The fourth-order valence-electron chi connectivity index (χ4n) is 2.31.